The monoisotopic (exact) mass is 692 g/mol. The number of benzene rings is 4. The summed E-state index contributed by atoms with van der Waals surface area (Å²) in [6, 6.07) is 44.7. The molecule has 0 amide bonds. The molecule has 9 aromatic rings. The summed E-state index contributed by atoms with van der Waals surface area (Å²) in [6.45, 7) is 0.810. The van der Waals surface area contributed by atoms with Gasteiger partial charge >= 0.3 is 0 Å². The number of dihydropyridines is 1. The Morgan fingerprint density at radius 2 is 0.796 bits per heavy atom. The quantitative estimate of drug-likeness (QED) is 0.175. The Morgan fingerprint density at radius 3 is 1.17 bits per heavy atom. The molecule has 4 aromatic carbocycles. The van der Waals surface area contributed by atoms with Crippen molar-refractivity contribution in [1.82, 2.24) is 30.2 Å². The molecule has 6 heterocycles. The number of fused-ring (bicyclic) bond motifs is 6. The molecule has 10 rings (SSSR count). The highest BCUT2D eigenvalue weighted by atomic mass is 14.9. The minimum absolute atomic E-state index is 0.810. The van der Waals surface area contributed by atoms with Crippen LogP contribution in [-0.4, -0.2) is 31.5 Å². The number of nitrogens with one attached hydrogen (secondary N) is 1. The second kappa shape index (κ2) is 13.3. The van der Waals surface area contributed by atoms with Gasteiger partial charge in [0.1, 0.15) is 0 Å². The predicted octanol–water partition coefficient (Wildman–Crippen LogP) is 11.0. The molecule has 6 heteroatoms. The Kier molecular flexibility index (Phi) is 7.77. The number of rotatable bonds is 6. The van der Waals surface area contributed by atoms with Gasteiger partial charge in [-0.25, -0.2) is 0 Å². The molecule has 1 aliphatic heterocycles. The van der Waals surface area contributed by atoms with Crippen molar-refractivity contribution in [2.75, 3.05) is 6.54 Å². The van der Waals surface area contributed by atoms with Crippen LogP contribution < -0.4 is 5.32 Å². The van der Waals surface area contributed by atoms with Gasteiger partial charge in [0.15, 0.2) is 0 Å². The van der Waals surface area contributed by atoms with Gasteiger partial charge in [0.2, 0.25) is 0 Å². The minimum Gasteiger partial charge on any atom is -0.380 e. The fraction of sp³-hybridized carbons (Fsp3) is 0.0208. The average Bonchev–Trinajstić information content (AvgIpc) is 3.27. The maximum absolute atomic E-state index is 4.83. The van der Waals surface area contributed by atoms with Crippen LogP contribution in [0.5, 0.6) is 0 Å². The van der Waals surface area contributed by atoms with E-state index in [-0.39, 0.29) is 0 Å². The number of nitrogens with zero attached hydrogens (tertiary/aromatic N) is 5. The summed E-state index contributed by atoms with van der Waals surface area (Å²) in [6.07, 6.45) is 15.7. The first kappa shape index (κ1) is 31.4. The SMILES string of the molecule is C1=CCNC(c2ccc(-c3ccc4c(c3)c3ccc(-c5ccc(-c6ccccn6)nc5)cc3c3ccc(-c5ccc(-c6ccccn6)nc5)cc43)cn2)=C1. The van der Waals surface area contributed by atoms with Crippen LogP contribution in [0.4, 0.5) is 0 Å². The van der Waals surface area contributed by atoms with Gasteiger partial charge in [-0.05, 0) is 116 Å². The van der Waals surface area contributed by atoms with Crippen LogP contribution in [0, 0.1) is 0 Å². The first-order valence-electron chi connectivity index (χ1n) is 18.0. The van der Waals surface area contributed by atoms with Crippen molar-refractivity contribution in [1.29, 1.82) is 0 Å². The van der Waals surface area contributed by atoms with Crippen molar-refractivity contribution in [2.24, 2.45) is 0 Å². The number of hydrogen-bond donors (Lipinski definition) is 1. The van der Waals surface area contributed by atoms with E-state index < -0.39 is 0 Å². The maximum Gasteiger partial charge on any atom is 0.0886 e. The van der Waals surface area contributed by atoms with E-state index in [1.165, 1.54) is 32.3 Å². The predicted molar refractivity (Wildman–Crippen MR) is 220 cm³/mol. The Hall–Kier alpha value is -7.31. The van der Waals surface area contributed by atoms with E-state index in [4.69, 9.17) is 15.0 Å². The molecule has 0 spiro atoms. The summed E-state index contributed by atoms with van der Waals surface area (Å²) in [5.74, 6) is 0. The van der Waals surface area contributed by atoms with Gasteiger partial charge in [0.05, 0.1) is 34.2 Å². The zero-order valence-corrected chi connectivity index (χ0v) is 29.2. The molecule has 1 N–H and O–H groups in total. The number of aromatic nitrogens is 5. The first-order valence-corrected chi connectivity index (χ1v) is 18.0. The standard InChI is InChI=1S/C48H32N6/c1-4-22-49-43(7-1)46-19-13-34(28-52-46)31-10-16-37-40(25-31)38-17-11-32(35-14-20-47(53-29-35)44-8-2-5-23-50-44)27-42(38)39-18-12-33(26-41(37)39)36-15-21-48(54-30-36)45-9-3-6-24-51-45/h1-23,25-30,51H,24H2. The van der Waals surface area contributed by atoms with Crippen LogP contribution in [0.3, 0.4) is 0 Å². The van der Waals surface area contributed by atoms with Crippen LogP contribution in [-0.2, 0) is 0 Å². The van der Waals surface area contributed by atoms with E-state index in [9.17, 15) is 0 Å². The average molecular weight is 693 g/mol. The maximum atomic E-state index is 4.83. The molecule has 0 radical (unpaired) electrons. The molecule has 0 bridgehead atoms. The van der Waals surface area contributed by atoms with Crippen LogP contribution >= 0.6 is 0 Å². The van der Waals surface area contributed by atoms with Gasteiger partial charge in [-0.1, -0.05) is 78.9 Å². The van der Waals surface area contributed by atoms with Crippen LogP contribution in [0.15, 0.2) is 177 Å². The minimum atomic E-state index is 0.810. The largest absolute Gasteiger partial charge is 0.380 e. The summed E-state index contributed by atoms with van der Waals surface area (Å²) < 4.78 is 0. The highest BCUT2D eigenvalue weighted by Gasteiger charge is 2.14. The molecular weight excluding hydrogens is 661 g/mol. The second-order valence-corrected chi connectivity index (χ2v) is 13.4. The summed E-state index contributed by atoms with van der Waals surface area (Å²) in [4.78, 5) is 23.3. The number of pyridine rings is 5. The van der Waals surface area contributed by atoms with Crippen molar-refractivity contribution in [3.8, 4) is 56.2 Å². The number of hydrogen-bond acceptors (Lipinski definition) is 6. The van der Waals surface area contributed by atoms with Gasteiger partial charge in [-0.2, -0.15) is 0 Å². The third-order valence-corrected chi connectivity index (χ3v) is 10.2. The molecular formula is C48H32N6. The molecule has 6 nitrogen and oxygen atoms in total. The smallest absolute Gasteiger partial charge is 0.0886 e. The van der Waals surface area contributed by atoms with Gasteiger partial charge in [0, 0.05) is 54.2 Å². The third kappa shape index (κ3) is 5.76. The highest BCUT2D eigenvalue weighted by Crippen LogP contribution is 2.40. The van der Waals surface area contributed by atoms with Crippen molar-refractivity contribution >= 4 is 38.0 Å². The zero-order chi connectivity index (χ0) is 35.8. The zero-order valence-electron chi connectivity index (χ0n) is 29.2. The van der Waals surface area contributed by atoms with Crippen molar-refractivity contribution in [3.05, 3.63) is 182 Å². The molecule has 54 heavy (non-hydrogen) atoms. The fourth-order valence-electron chi connectivity index (χ4n) is 7.37. The lowest BCUT2D eigenvalue weighted by atomic mass is 9.89. The summed E-state index contributed by atoms with van der Waals surface area (Å²) in [5, 5.41) is 10.6. The molecule has 0 saturated carbocycles. The van der Waals surface area contributed by atoms with Crippen molar-refractivity contribution < 1.29 is 0 Å². The topological polar surface area (TPSA) is 76.5 Å². The molecule has 0 aliphatic carbocycles. The van der Waals surface area contributed by atoms with E-state index in [0.29, 0.717) is 0 Å². The number of allylic oxidation sites excluding steroid dienone is 2. The molecule has 0 fully saturated rings. The summed E-state index contributed by atoms with van der Waals surface area (Å²) >= 11 is 0. The third-order valence-electron chi connectivity index (χ3n) is 10.2. The van der Waals surface area contributed by atoms with Crippen molar-refractivity contribution in [2.45, 2.75) is 0 Å². The van der Waals surface area contributed by atoms with E-state index in [2.05, 4.69) is 112 Å². The normalized spacial score (nSPS) is 12.6. The molecule has 254 valence electrons. The second-order valence-electron chi connectivity index (χ2n) is 13.4. The molecule has 0 unspecified atom stereocenters. The van der Waals surface area contributed by atoms with Gasteiger partial charge in [0.25, 0.3) is 0 Å². The summed E-state index contributed by atoms with van der Waals surface area (Å²) in [5.41, 5.74) is 11.9. The van der Waals surface area contributed by atoms with Gasteiger partial charge < -0.3 is 5.32 Å². The Labute approximate surface area is 312 Å². The summed E-state index contributed by atoms with van der Waals surface area (Å²) in [7, 11) is 0. The Morgan fingerprint density at radius 1 is 0.370 bits per heavy atom. The van der Waals surface area contributed by atoms with Gasteiger partial charge in [-0.15, -0.1) is 0 Å². The molecule has 0 saturated heterocycles. The lowest BCUT2D eigenvalue weighted by molar-refractivity contribution is 0.981. The van der Waals surface area contributed by atoms with E-state index in [1.807, 2.05) is 67.1 Å². The van der Waals surface area contributed by atoms with E-state index in [1.54, 1.807) is 12.4 Å². The first-order chi connectivity index (χ1) is 26.7. The fourth-order valence-corrected chi connectivity index (χ4v) is 7.37. The van der Waals surface area contributed by atoms with Crippen LogP contribution in [0.1, 0.15) is 5.69 Å². The van der Waals surface area contributed by atoms with E-state index >= 15 is 0 Å². The molecule has 0 atom stereocenters. The Bertz CT molecular complexity index is 2760. The van der Waals surface area contributed by atoms with Crippen LogP contribution in [0.25, 0.3) is 94.2 Å². The lowest BCUT2D eigenvalue weighted by Crippen LogP contribution is -2.15. The Balaban J connectivity index is 1.11. The highest BCUT2D eigenvalue weighted by molar-refractivity contribution is 6.26. The van der Waals surface area contributed by atoms with E-state index in [0.717, 1.165) is 74.1 Å². The van der Waals surface area contributed by atoms with Crippen molar-refractivity contribution in [3.63, 3.8) is 0 Å². The molecule has 5 aromatic heterocycles. The van der Waals surface area contributed by atoms with Gasteiger partial charge in [-0.3, -0.25) is 24.9 Å². The molecule has 1 aliphatic rings. The van der Waals surface area contributed by atoms with Crippen LogP contribution in [0.2, 0.25) is 0 Å². The lowest BCUT2D eigenvalue weighted by Gasteiger charge is -2.15.